The molecule has 0 bridgehead atoms. The number of allylic oxidation sites excluding steroid dienone is 1. The normalized spacial score (nSPS) is 14.4. The van der Waals surface area contributed by atoms with Crippen molar-refractivity contribution >= 4 is 23.4 Å². The van der Waals surface area contributed by atoms with E-state index >= 15 is 0 Å². The number of methoxy groups -OCH3 is 1. The van der Waals surface area contributed by atoms with Crippen LogP contribution in [0.15, 0.2) is 119 Å². The molecule has 47 heavy (non-hydrogen) atoms. The highest BCUT2D eigenvalue weighted by Gasteiger charge is 2.33. The first kappa shape index (κ1) is 31.5. The van der Waals surface area contributed by atoms with Gasteiger partial charge in [-0.05, 0) is 73.5 Å². The van der Waals surface area contributed by atoms with Crippen LogP contribution in [0, 0.1) is 0 Å². The molecule has 0 saturated heterocycles. The number of rotatable bonds is 11. The van der Waals surface area contributed by atoms with E-state index in [0.717, 1.165) is 34.5 Å². The van der Waals surface area contributed by atoms with E-state index in [-0.39, 0.29) is 12.2 Å². The van der Waals surface area contributed by atoms with Crippen LogP contribution in [0.5, 0.6) is 11.5 Å². The summed E-state index contributed by atoms with van der Waals surface area (Å²) in [5, 5.41) is 4.93. The summed E-state index contributed by atoms with van der Waals surface area (Å²) in [7, 11) is 1.59. The molecule has 3 heterocycles. The van der Waals surface area contributed by atoms with Crippen LogP contribution in [0.1, 0.15) is 37.4 Å². The van der Waals surface area contributed by atoms with Gasteiger partial charge in [0.05, 0.1) is 41.2 Å². The summed E-state index contributed by atoms with van der Waals surface area (Å²) in [6, 6.07) is 24.1. The highest BCUT2D eigenvalue weighted by molar-refractivity contribution is 7.07. The molecule has 1 unspecified atom stereocenters. The fourth-order valence-electron chi connectivity index (χ4n) is 5.40. The third-order valence-corrected chi connectivity index (χ3v) is 8.64. The maximum atomic E-state index is 14.3. The van der Waals surface area contributed by atoms with Crippen LogP contribution in [0.2, 0.25) is 0 Å². The molecule has 0 amide bonds. The number of para-hydroxylation sites is 1. The quantitative estimate of drug-likeness (QED) is 0.137. The number of hydrogen-bond acceptors (Lipinski definition) is 8. The van der Waals surface area contributed by atoms with Crippen molar-refractivity contribution in [1.82, 2.24) is 14.3 Å². The number of fused-ring (bicyclic) bond motifs is 1. The molecule has 1 atom stereocenters. The van der Waals surface area contributed by atoms with Crippen molar-refractivity contribution in [2.75, 3.05) is 20.3 Å². The second kappa shape index (κ2) is 13.9. The van der Waals surface area contributed by atoms with Gasteiger partial charge in [0.2, 0.25) is 0 Å². The minimum Gasteiger partial charge on any atom is -0.497 e. The summed E-state index contributed by atoms with van der Waals surface area (Å²) in [5.41, 5.74) is 4.44. The van der Waals surface area contributed by atoms with E-state index in [0.29, 0.717) is 38.7 Å². The molecule has 9 nitrogen and oxygen atoms in total. The van der Waals surface area contributed by atoms with Crippen LogP contribution in [-0.4, -0.2) is 40.6 Å². The summed E-state index contributed by atoms with van der Waals surface area (Å²) in [5.74, 6) is 0.883. The van der Waals surface area contributed by atoms with E-state index in [4.69, 9.17) is 24.3 Å². The fraction of sp³-hybridized carbons (Fsp3) is 0.189. The third kappa shape index (κ3) is 6.45. The summed E-state index contributed by atoms with van der Waals surface area (Å²) in [6.07, 6.45) is 6.17. The molecular weight excluding hydrogens is 612 g/mol. The summed E-state index contributed by atoms with van der Waals surface area (Å²) in [6.45, 7) is 8.15. The van der Waals surface area contributed by atoms with Gasteiger partial charge in [-0.15, -0.1) is 0 Å². The lowest BCUT2D eigenvalue weighted by atomic mass is 9.96. The smallest absolute Gasteiger partial charge is 0.338 e. The summed E-state index contributed by atoms with van der Waals surface area (Å²) in [4.78, 5) is 32.9. The predicted octanol–water partition coefficient (Wildman–Crippen LogP) is 5.61. The number of esters is 1. The Morgan fingerprint density at radius 1 is 1.02 bits per heavy atom. The molecule has 0 N–H and O–H groups in total. The molecule has 0 aliphatic carbocycles. The SMILES string of the molecule is C=CCOC(=O)C1=C(C)N=c2s/c(=C\c3cn(-c4ccccc4)nc3-c3ccc(OCCC)cc3)c(=O)n2C1c1ccc(OC)cc1. The average molecular weight is 647 g/mol. The van der Waals surface area contributed by atoms with Gasteiger partial charge in [-0.2, -0.15) is 5.10 Å². The Hall–Kier alpha value is -5.48. The zero-order valence-electron chi connectivity index (χ0n) is 26.4. The van der Waals surface area contributed by atoms with Crippen LogP contribution in [0.25, 0.3) is 23.0 Å². The largest absolute Gasteiger partial charge is 0.497 e. The summed E-state index contributed by atoms with van der Waals surface area (Å²) < 4.78 is 20.4. The van der Waals surface area contributed by atoms with Crippen LogP contribution in [0.3, 0.4) is 0 Å². The molecule has 3 aromatic carbocycles. The van der Waals surface area contributed by atoms with Gasteiger partial charge < -0.3 is 14.2 Å². The number of ether oxygens (including phenoxy) is 3. The minimum atomic E-state index is -0.751. The van der Waals surface area contributed by atoms with E-state index in [2.05, 4.69) is 13.5 Å². The van der Waals surface area contributed by atoms with Crippen molar-refractivity contribution < 1.29 is 19.0 Å². The molecule has 238 valence electrons. The Morgan fingerprint density at radius 3 is 2.43 bits per heavy atom. The number of nitrogens with zero attached hydrogens (tertiary/aromatic N) is 4. The molecule has 10 heteroatoms. The van der Waals surface area contributed by atoms with Crippen LogP contribution in [-0.2, 0) is 9.53 Å². The Bertz CT molecular complexity index is 2130. The van der Waals surface area contributed by atoms with Crippen LogP contribution < -0.4 is 24.4 Å². The molecule has 6 rings (SSSR count). The predicted molar refractivity (Wildman–Crippen MR) is 183 cm³/mol. The molecule has 2 aromatic heterocycles. The molecule has 0 radical (unpaired) electrons. The van der Waals surface area contributed by atoms with E-state index in [9.17, 15) is 9.59 Å². The summed E-state index contributed by atoms with van der Waals surface area (Å²) >= 11 is 1.26. The minimum absolute atomic E-state index is 0.0370. The molecule has 0 spiro atoms. The standard InChI is InChI=1S/C37H34N4O5S/c1-5-20-45-30-18-12-25(13-19-30)33-27(23-40(39-33)28-10-8-7-9-11-28)22-31-35(42)41-34(26-14-16-29(44-4)17-15-26)32(36(43)46-21-6-2)24(3)38-37(41)47-31/h6-19,22-23,34H,2,5,20-21H2,1,3-4H3/b31-22-. The number of carbonyl (C=O) groups is 1. The zero-order chi connectivity index (χ0) is 32.9. The van der Waals surface area contributed by atoms with E-state index in [1.54, 1.807) is 35.4 Å². The lowest BCUT2D eigenvalue weighted by Crippen LogP contribution is -2.39. The number of aromatic nitrogens is 3. The van der Waals surface area contributed by atoms with Crippen molar-refractivity contribution in [3.63, 3.8) is 0 Å². The lowest BCUT2D eigenvalue weighted by molar-refractivity contribution is -0.138. The van der Waals surface area contributed by atoms with Crippen molar-refractivity contribution in [1.29, 1.82) is 0 Å². The first-order chi connectivity index (χ1) is 22.9. The van der Waals surface area contributed by atoms with Gasteiger partial charge in [0.1, 0.15) is 23.8 Å². The molecular formula is C37H34N4O5S. The van der Waals surface area contributed by atoms with Gasteiger partial charge >= 0.3 is 5.97 Å². The molecule has 1 aliphatic rings. The van der Waals surface area contributed by atoms with Gasteiger partial charge in [0, 0.05) is 17.3 Å². The van der Waals surface area contributed by atoms with Crippen molar-refractivity contribution in [2.45, 2.75) is 26.3 Å². The Labute approximate surface area is 276 Å². The lowest BCUT2D eigenvalue weighted by Gasteiger charge is -2.24. The number of benzene rings is 3. The van der Waals surface area contributed by atoms with E-state index in [1.807, 2.05) is 79.0 Å². The first-order valence-corrected chi connectivity index (χ1v) is 16.1. The van der Waals surface area contributed by atoms with E-state index in [1.165, 1.54) is 17.4 Å². The number of thiazole rings is 1. The van der Waals surface area contributed by atoms with E-state index < -0.39 is 12.0 Å². The van der Waals surface area contributed by atoms with Gasteiger partial charge in [-0.1, -0.05) is 61.2 Å². The average Bonchev–Trinajstić information content (AvgIpc) is 3.66. The van der Waals surface area contributed by atoms with Gasteiger partial charge in [-0.3, -0.25) is 9.36 Å². The maximum Gasteiger partial charge on any atom is 0.338 e. The van der Waals surface area contributed by atoms with Gasteiger partial charge in [-0.25, -0.2) is 14.5 Å². The monoisotopic (exact) mass is 646 g/mol. The van der Waals surface area contributed by atoms with Gasteiger partial charge in [0.15, 0.2) is 4.80 Å². The Balaban J connectivity index is 1.51. The third-order valence-electron chi connectivity index (χ3n) is 7.66. The fourth-order valence-corrected chi connectivity index (χ4v) is 6.43. The van der Waals surface area contributed by atoms with Crippen molar-refractivity contribution in [2.24, 2.45) is 4.99 Å². The number of hydrogen-bond donors (Lipinski definition) is 0. The number of carbonyl (C=O) groups excluding carboxylic acids is 1. The van der Waals surface area contributed by atoms with Crippen molar-refractivity contribution in [3.8, 4) is 28.4 Å². The molecule has 0 fully saturated rings. The molecule has 1 aliphatic heterocycles. The maximum absolute atomic E-state index is 14.3. The van der Waals surface area contributed by atoms with Crippen LogP contribution in [0.4, 0.5) is 0 Å². The van der Waals surface area contributed by atoms with Gasteiger partial charge in [0.25, 0.3) is 5.56 Å². The Morgan fingerprint density at radius 2 is 1.74 bits per heavy atom. The second-order valence-electron chi connectivity index (χ2n) is 10.8. The Kier molecular flexibility index (Phi) is 9.30. The second-order valence-corrected chi connectivity index (χ2v) is 11.8. The van der Waals surface area contributed by atoms with Crippen LogP contribution >= 0.6 is 11.3 Å². The molecule has 5 aromatic rings. The first-order valence-electron chi connectivity index (χ1n) is 15.2. The highest BCUT2D eigenvalue weighted by Crippen LogP contribution is 2.32. The highest BCUT2D eigenvalue weighted by atomic mass is 32.1. The van der Waals surface area contributed by atoms with Crippen molar-refractivity contribution in [3.05, 3.63) is 140 Å². The molecule has 0 saturated carbocycles. The zero-order valence-corrected chi connectivity index (χ0v) is 27.2. The topological polar surface area (TPSA) is 96.9 Å².